The average Bonchev–Trinajstić information content (AvgIpc) is 2.99. The molecular weight excluding hydrogens is 256 g/mol. The third-order valence-electron chi connectivity index (χ3n) is 3.05. The van der Waals surface area contributed by atoms with Crippen molar-refractivity contribution < 1.29 is 4.79 Å². The van der Waals surface area contributed by atoms with Crippen molar-refractivity contribution in [3.63, 3.8) is 0 Å². The monoisotopic (exact) mass is 266 g/mol. The van der Waals surface area contributed by atoms with E-state index in [2.05, 4.69) is 6.07 Å². The Labute approximate surface area is 115 Å². The molecule has 2 aromatic rings. The fourth-order valence-electron chi connectivity index (χ4n) is 2.14. The molecule has 3 rings (SSSR count). The van der Waals surface area contributed by atoms with Gasteiger partial charge in [0.15, 0.2) is 0 Å². The van der Waals surface area contributed by atoms with E-state index in [1.165, 1.54) is 11.3 Å². The quantitative estimate of drug-likeness (QED) is 0.794. The number of amides is 1. The van der Waals surface area contributed by atoms with E-state index >= 15 is 0 Å². The smallest absolute Gasteiger partial charge is 0.260 e. The second-order valence-electron chi connectivity index (χ2n) is 4.18. The van der Waals surface area contributed by atoms with Gasteiger partial charge in [-0.3, -0.25) is 9.69 Å². The van der Waals surface area contributed by atoms with Gasteiger partial charge in [0.2, 0.25) is 0 Å². The topological polar surface area (TPSA) is 44.1 Å². The molecule has 1 aliphatic rings. The maximum Gasteiger partial charge on any atom is 0.260 e. The molecule has 1 aromatic carbocycles. The first kappa shape index (κ1) is 11.7. The number of hydrogen-bond acceptors (Lipinski definition) is 3. The molecule has 0 saturated heterocycles. The van der Waals surface area contributed by atoms with Crippen molar-refractivity contribution in [3.8, 4) is 6.07 Å². The maximum absolute atomic E-state index is 12.5. The van der Waals surface area contributed by atoms with Gasteiger partial charge in [-0.15, -0.1) is 0 Å². The van der Waals surface area contributed by atoms with Crippen LogP contribution >= 0.6 is 11.3 Å². The average molecular weight is 266 g/mol. The normalized spacial score (nSPS) is 16.8. The molecule has 1 atom stereocenters. The molecule has 1 aromatic heterocycles. The van der Waals surface area contributed by atoms with Gasteiger partial charge in [-0.1, -0.05) is 24.3 Å². The van der Waals surface area contributed by atoms with Crippen LogP contribution in [0.3, 0.4) is 0 Å². The van der Waals surface area contributed by atoms with Crippen molar-refractivity contribution in [2.24, 2.45) is 0 Å². The third-order valence-corrected chi connectivity index (χ3v) is 3.73. The number of carbonyl (C=O) groups is 1. The molecule has 19 heavy (non-hydrogen) atoms. The lowest BCUT2D eigenvalue weighted by atomic mass is 10.0. The minimum Gasteiger partial charge on any atom is -0.288 e. The van der Waals surface area contributed by atoms with E-state index in [0.29, 0.717) is 5.56 Å². The van der Waals surface area contributed by atoms with Gasteiger partial charge in [-0.25, -0.2) is 0 Å². The van der Waals surface area contributed by atoms with Gasteiger partial charge in [0.05, 0.1) is 17.3 Å². The Morgan fingerprint density at radius 1 is 1.32 bits per heavy atom. The molecule has 0 fully saturated rings. The molecule has 0 radical (unpaired) electrons. The molecule has 1 unspecified atom stereocenters. The summed E-state index contributed by atoms with van der Waals surface area (Å²) >= 11 is 1.47. The molecule has 4 heteroatoms. The van der Waals surface area contributed by atoms with Crippen LogP contribution < -0.4 is 4.90 Å². The molecule has 2 heterocycles. The highest BCUT2D eigenvalue weighted by Gasteiger charge is 2.28. The number of nitriles is 1. The predicted molar refractivity (Wildman–Crippen MR) is 76.0 cm³/mol. The maximum atomic E-state index is 12.5. The fourth-order valence-corrected chi connectivity index (χ4v) is 2.77. The van der Waals surface area contributed by atoms with Crippen LogP contribution in [-0.4, -0.2) is 11.9 Å². The van der Waals surface area contributed by atoms with Crippen molar-refractivity contribution in [2.45, 2.75) is 6.04 Å². The SMILES string of the molecule is N#CC1C=Cc2ccccc2N1C(=O)c1ccsc1. The van der Waals surface area contributed by atoms with E-state index in [9.17, 15) is 10.1 Å². The zero-order chi connectivity index (χ0) is 13.2. The number of hydrogen-bond donors (Lipinski definition) is 0. The minimum atomic E-state index is -0.553. The van der Waals surface area contributed by atoms with Gasteiger partial charge >= 0.3 is 0 Å². The number of para-hydroxylation sites is 1. The summed E-state index contributed by atoms with van der Waals surface area (Å²) in [7, 11) is 0. The summed E-state index contributed by atoms with van der Waals surface area (Å²) in [5, 5.41) is 12.9. The van der Waals surface area contributed by atoms with Crippen LogP contribution in [0.15, 0.2) is 47.2 Å². The van der Waals surface area contributed by atoms with Gasteiger partial charge in [0.1, 0.15) is 6.04 Å². The van der Waals surface area contributed by atoms with E-state index < -0.39 is 6.04 Å². The zero-order valence-corrected chi connectivity index (χ0v) is 10.8. The molecule has 0 N–H and O–H groups in total. The lowest BCUT2D eigenvalue weighted by molar-refractivity contribution is 0.0985. The predicted octanol–water partition coefficient (Wildman–Crippen LogP) is 3.31. The molecule has 92 valence electrons. The van der Waals surface area contributed by atoms with E-state index in [4.69, 9.17) is 0 Å². The Hall–Kier alpha value is -2.38. The molecular formula is C15H10N2OS. The Balaban J connectivity index is 2.10. The van der Waals surface area contributed by atoms with Gasteiger partial charge in [-0.2, -0.15) is 16.6 Å². The molecule has 1 aliphatic heterocycles. The molecule has 0 saturated carbocycles. The van der Waals surface area contributed by atoms with Crippen molar-refractivity contribution in [2.75, 3.05) is 4.90 Å². The fraction of sp³-hybridized carbons (Fsp3) is 0.0667. The van der Waals surface area contributed by atoms with Crippen molar-refractivity contribution >= 4 is 29.0 Å². The van der Waals surface area contributed by atoms with Crippen molar-refractivity contribution in [1.29, 1.82) is 5.26 Å². The number of benzene rings is 1. The minimum absolute atomic E-state index is 0.135. The van der Waals surface area contributed by atoms with E-state index in [1.54, 1.807) is 22.4 Å². The van der Waals surface area contributed by atoms with Gasteiger partial charge in [0, 0.05) is 5.38 Å². The third kappa shape index (κ3) is 1.94. The highest BCUT2D eigenvalue weighted by atomic mass is 32.1. The second-order valence-corrected chi connectivity index (χ2v) is 4.96. The number of anilines is 1. The Morgan fingerprint density at radius 3 is 2.89 bits per heavy atom. The van der Waals surface area contributed by atoms with Crippen molar-refractivity contribution in [1.82, 2.24) is 0 Å². The second kappa shape index (κ2) is 4.71. The standard InChI is InChI=1S/C15H10N2OS/c16-9-13-6-5-11-3-1-2-4-14(11)17(13)15(18)12-7-8-19-10-12/h1-8,10,13H. The molecule has 0 bridgehead atoms. The van der Waals surface area contributed by atoms with E-state index in [0.717, 1.165) is 11.3 Å². The summed E-state index contributed by atoms with van der Waals surface area (Å²) < 4.78 is 0. The molecule has 1 amide bonds. The first-order valence-electron chi connectivity index (χ1n) is 5.84. The summed E-state index contributed by atoms with van der Waals surface area (Å²) in [5.74, 6) is -0.135. The van der Waals surface area contributed by atoms with Gasteiger partial charge in [-0.05, 0) is 29.2 Å². The molecule has 0 spiro atoms. The van der Waals surface area contributed by atoms with E-state index in [1.807, 2.05) is 35.7 Å². The van der Waals surface area contributed by atoms with Crippen LogP contribution in [0.1, 0.15) is 15.9 Å². The van der Waals surface area contributed by atoms with Crippen LogP contribution in [0, 0.1) is 11.3 Å². The van der Waals surface area contributed by atoms with Crippen LogP contribution in [0.4, 0.5) is 5.69 Å². The Bertz CT molecular complexity index is 682. The summed E-state index contributed by atoms with van der Waals surface area (Å²) in [5.41, 5.74) is 2.36. The van der Waals surface area contributed by atoms with Crippen molar-refractivity contribution in [3.05, 3.63) is 58.3 Å². The molecule has 3 nitrogen and oxygen atoms in total. The number of rotatable bonds is 1. The lowest BCUT2D eigenvalue weighted by Gasteiger charge is -2.29. The summed E-state index contributed by atoms with van der Waals surface area (Å²) in [4.78, 5) is 14.1. The largest absolute Gasteiger partial charge is 0.288 e. The Morgan fingerprint density at radius 2 is 2.16 bits per heavy atom. The number of nitrogens with zero attached hydrogens (tertiary/aromatic N) is 2. The lowest BCUT2D eigenvalue weighted by Crippen LogP contribution is -2.40. The van der Waals surface area contributed by atoms with E-state index in [-0.39, 0.29) is 5.91 Å². The number of fused-ring (bicyclic) bond motifs is 1. The first-order chi connectivity index (χ1) is 9.31. The summed E-state index contributed by atoms with van der Waals surface area (Å²) in [6.07, 6.45) is 3.65. The van der Waals surface area contributed by atoms with Gasteiger partial charge < -0.3 is 0 Å². The Kier molecular flexibility index (Phi) is 2.90. The van der Waals surface area contributed by atoms with Crippen LogP contribution in [-0.2, 0) is 0 Å². The van der Waals surface area contributed by atoms with Crippen LogP contribution in [0.25, 0.3) is 6.08 Å². The first-order valence-corrected chi connectivity index (χ1v) is 6.78. The number of carbonyl (C=O) groups excluding carboxylic acids is 1. The zero-order valence-electron chi connectivity index (χ0n) is 9.98. The van der Waals surface area contributed by atoms with Gasteiger partial charge in [0.25, 0.3) is 5.91 Å². The van der Waals surface area contributed by atoms with Crippen LogP contribution in [0.5, 0.6) is 0 Å². The molecule has 0 aliphatic carbocycles. The summed E-state index contributed by atoms with van der Waals surface area (Å²) in [6.45, 7) is 0. The highest BCUT2D eigenvalue weighted by Crippen LogP contribution is 2.30. The number of thiophene rings is 1. The summed E-state index contributed by atoms with van der Waals surface area (Å²) in [6, 6.07) is 11.0. The highest BCUT2D eigenvalue weighted by molar-refractivity contribution is 7.08. The van der Waals surface area contributed by atoms with Crippen LogP contribution in [0.2, 0.25) is 0 Å².